The van der Waals surface area contributed by atoms with Gasteiger partial charge in [0.25, 0.3) is 0 Å². The Morgan fingerprint density at radius 3 is 2.82 bits per heavy atom. The maximum absolute atomic E-state index is 5.08. The fourth-order valence-electron chi connectivity index (χ4n) is 0.789. The molecule has 0 aromatic rings. The summed E-state index contributed by atoms with van der Waals surface area (Å²) in [4.78, 5) is 1.34. The predicted molar refractivity (Wildman–Crippen MR) is 53.5 cm³/mol. The molecule has 1 rings (SSSR count). The van der Waals surface area contributed by atoms with Gasteiger partial charge in [0.05, 0.1) is 6.61 Å². The van der Waals surface area contributed by atoms with E-state index in [0.29, 0.717) is 0 Å². The smallest absolute Gasteiger partial charge is 0.0783 e. The van der Waals surface area contributed by atoms with E-state index in [1.165, 1.54) is 16.1 Å². The molecule has 1 nitrogen and oxygen atoms in total. The molecule has 0 atom stereocenters. The van der Waals surface area contributed by atoms with Gasteiger partial charge in [-0.25, -0.2) is 0 Å². The van der Waals surface area contributed by atoms with E-state index in [-0.39, 0.29) is 0 Å². The lowest BCUT2D eigenvalue weighted by atomic mass is 10.1. The average Bonchev–Trinajstić information content (AvgIpc) is 1.99. The highest BCUT2D eigenvalue weighted by molar-refractivity contribution is 8.79. The number of methoxy groups -OCH3 is 1. The van der Waals surface area contributed by atoms with Crippen molar-refractivity contribution in [2.75, 3.05) is 13.7 Å². The second kappa shape index (κ2) is 4.24. The maximum Gasteiger partial charge on any atom is 0.0783 e. The van der Waals surface area contributed by atoms with Crippen LogP contribution in [0.15, 0.2) is 21.5 Å². The zero-order chi connectivity index (χ0) is 8.27. The lowest BCUT2D eigenvalue weighted by molar-refractivity contribution is 0.231. The molecule has 0 N–H and O–H groups in total. The molecule has 0 radical (unpaired) electrons. The van der Waals surface area contributed by atoms with Crippen molar-refractivity contribution in [3.63, 3.8) is 0 Å². The van der Waals surface area contributed by atoms with Crippen LogP contribution in [0.2, 0.25) is 0 Å². The highest BCUT2D eigenvalue weighted by Gasteiger charge is 2.09. The Hall–Kier alpha value is 0.140. The molecular formula is C8H12OS2. The van der Waals surface area contributed by atoms with E-state index in [2.05, 4.69) is 19.3 Å². The number of rotatable bonds is 2. The van der Waals surface area contributed by atoms with Gasteiger partial charge < -0.3 is 4.74 Å². The lowest BCUT2D eigenvalue weighted by Crippen LogP contribution is -1.96. The van der Waals surface area contributed by atoms with Gasteiger partial charge in [-0.15, -0.1) is 0 Å². The first-order valence-corrected chi connectivity index (χ1v) is 5.66. The summed E-state index contributed by atoms with van der Waals surface area (Å²) in [6, 6.07) is 0. The number of allylic oxidation sites excluding steroid dienone is 2. The topological polar surface area (TPSA) is 9.23 Å². The lowest BCUT2D eigenvalue weighted by Gasteiger charge is -2.14. The minimum atomic E-state index is 0.745. The van der Waals surface area contributed by atoms with Crippen LogP contribution < -0.4 is 0 Å². The van der Waals surface area contributed by atoms with Crippen LogP contribution in [0.5, 0.6) is 0 Å². The summed E-state index contributed by atoms with van der Waals surface area (Å²) in [6.07, 6.45) is 0. The van der Waals surface area contributed by atoms with Gasteiger partial charge in [0.2, 0.25) is 0 Å². The van der Waals surface area contributed by atoms with E-state index in [4.69, 9.17) is 4.74 Å². The zero-order valence-electron chi connectivity index (χ0n) is 7.01. The van der Waals surface area contributed by atoms with Crippen molar-refractivity contribution in [3.05, 3.63) is 21.5 Å². The number of ether oxygens (including phenoxy) is 1. The summed E-state index contributed by atoms with van der Waals surface area (Å²) in [5.74, 6) is 0. The SMILES string of the molecule is COCC1=C(C)C(C)=CSS1. The molecule has 62 valence electrons. The molecule has 1 aliphatic rings. The summed E-state index contributed by atoms with van der Waals surface area (Å²) in [5, 5.41) is 2.18. The van der Waals surface area contributed by atoms with Crippen LogP contribution >= 0.6 is 21.6 Å². The van der Waals surface area contributed by atoms with Gasteiger partial charge in [0, 0.05) is 12.0 Å². The van der Waals surface area contributed by atoms with E-state index < -0.39 is 0 Å². The molecule has 1 aliphatic heterocycles. The Bertz CT molecular complexity index is 206. The molecule has 0 aliphatic carbocycles. The molecule has 0 spiro atoms. The van der Waals surface area contributed by atoms with Gasteiger partial charge in [-0.1, -0.05) is 21.6 Å². The van der Waals surface area contributed by atoms with Crippen LogP contribution in [0.1, 0.15) is 13.8 Å². The Morgan fingerprint density at radius 1 is 1.45 bits per heavy atom. The fraction of sp³-hybridized carbons (Fsp3) is 0.500. The second-order valence-corrected chi connectivity index (χ2v) is 4.63. The fourth-order valence-corrected chi connectivity index (χ4v) is 3.17. The van der Waals surface area contributed by atoms with E-state index in [1.807, 2.05) is 0 Å². The van der Waals surface area contributed by atoms with Gasteiger partial charge in [-0.05, 0) is 30.4 Å². The van der Waals surface area contributed by atoms with Crippen LogP contribution in [0.25, 0.3) is 0 Å². The van der Waals surface area contributed by atoms with E-state index >= 15 is 0 Å². The Balaban J connectivity index is 2.74. The molecule has 0 saturated heterocycles. The van der Waals surface area contributed by atoms with Crippen molar-refractivity contribution < 1.29 is 4.74 Å². The molecule has 0 aromatic carbocycles. The molecular weight excluding hydrogens is 176 g/mol. The van der Waals surface area contributed by atoms with Crippen LogP contribution in [0, 0.1) is 0 Å². The maximum atomic E-state index is 5.08. The van der Waals surface area contributed by atoms with E-state index in [0.717, 1.165) is 6.61 Å². The predicted octanol–water partition coefficient (Wildman–Crippen LogP) is 3.21. The highest BCUT2D eigenvalue weighted by atomic mass is 33.1. The Kier molecular flexibility index (Phi) is 3.55. The minimum Gasteiger partial charge on any atom is -0.379 e. The minimum absolute atomic E-state index is 0.745. The van der Waals surface area contributed by atoms with Crippen molar-refractivity contribution in [1.82, 2.24) is 0 Å². The summed E-state index contributed by atoms with van der Waals surface area (Å²) in [7, 11) is 5.30. The number of hydrogen-bond acceptors (Lipinski definition) is 3. The van der Waals surface area contributed by atoms with E-state index in [1.54, 1.807) is 28.7 Å². The average molecular weight is 188 g/mol. The molecule has 0 aromatic heterocycles. The van der Waals surface area contributed by atoms with Crippen LogP contribution in [-0.2, 0) is 4.74 Å². The first-order chi connectivity index (χ1) is 5.25. The Morgan fingerprint density at radius 2 is 2.18 bits per heavy atom. The van der Waals surface area contributed by atoms with Crippen molar-refractivity contribution in [2.45, 2.75) is 13.8 Å². The molecule has 3 heteroatoms. The largest absolute Gasteiger partial charge is 0.379 e. The van der Waals surface area contributed by atoms with Gasteiger partial charge in [-0.3, -0.25) is 0 Å². The third kappa shape index (κ3) is 2.29. The van der Waals surface area contributed by atoms with Gasteiger partial charge in [-0.2, -0.15) is 0 Å². The first-order valence-electron chi connectivity index (χ1n) is 3.45. The molecule has 11 heavy (non-hydrogen) atoms. The highest BCUT2D eigenvalue weighted by Crippen LogP contribution is 2.40. The standard InChI is InChI=1S/C8H12OS2/c1-6-5-10-11-8(4-9-3)7(6)2/h5H,4H2,1-3H3. The summed E-state index contributed by atoms with van der Waals surface area (Å²) >= 11 is 0. The first kappa shape index (κ1) is 9.23. The van der Waals surface area contributed by atoms with Crippen LogP contribution in [0.3, 0.4) is 0 Å². The molecule has 1 heterocycles. The quantitative estimate of drug-likeness (QED) is 0.616. The van der Waals surface area contributed by atoms with Crippen LogP contribution in [0.4, 0.5) is 0 Å². The zero-order valence-corrected chi connectivity index (χ0v) is 8.64. The normalized spacial score (nSPS) is 18.6. The Labute approximate surface area is 75.7 Å². The molecule has 0 bridgehead atoms. The van der Waals surface area contributed by atoms with Crippen molar-refractivity contribution >= 4 is 21.6 Å². The monoisotopic (exact) mass is 188 g/mol. The summed E-state index contributed by atoms with van der Waals surface area (Å²) < 4.78 is 5.08. The van der Waals surface area contributed by atoms with Crippen LogP contribution in [-0.4, -0.2) is 13.7 Å². The molecule has 0 saturated carbocycles. The van der Waals surface area contributed by atoms with Gasteiger partial charge in [0.1, 0.15) is 0 Å². The van der Waals surface area contributed by atoms with Crippen molar-refractivity contribution in [2.24, 2.45) is 0 Å². The van der Waals surface area contributed by atoms with Gasteiger partial charge >= 0.3 is 0 Å². The third-order valence-corrected chi connectivity index (χ3v) is 4.01. The third-order valence-electron chi connectivity index (χ3n) is 1.66. The second-order valence-electron chi connectivity index (χ2n) is 2.46. The molecule has 0 unspecified atom stereocenters. The summed E-state index contributed by atoms with van der Waals surface area (Å²) in [5.41, 5.74) is 2.73. The summed E-state index contributed by atoms with van der Waals surface area (Å²) in [6.45, 7) is 5.03. The van der Waals surface area contributed by atoms with Crippen molar-refractivity contribution in [3.8, 4) is 0 Å². The molecule has 0 fully saturated rings. The van der Waals surface area contributed by atoms with Crippen molar-refractivity contribution in [1.29, 1.82) is 0 Å². The number of hydrogen-bond donors (Lipinski definition) is 0. The van der Waals surface area contributed by atoms with Gasteiger partial charge in [0.15, 0.2) is 0 Å². The molecule has 0 amide bonds. The van der Waals surface area contributed by atoms with E-state index in [9.17, 15) is 0 Å².